The van der Waals surface area contributed by atoms with Crippen molar-refractivity contribution in [2.24, 2.45) is 5.16 Å². The SMILES string of the molecule is [2H]c1nsc(Oc2ccccc2C(=NOC)c2nc(N)n[nH]2)n1. The van der Waals surface area contributed by atoms with Gasteiger partial charge >= 0.3 is 0 Å². The highest BCUT2D eigenvalue weighted by Crippen LogP contribution is 2.27. The Bertz CT molecular complexity index is 847. The number of para-hydroxylation sites is 1. The lowest BCUT2D eigenvalue weighted by molar-refractivity contribution is 0.213. The van der Waals surface area contributed by atoms with Crippen molar-refractivity contribution < 1.29 is 10.9 Å². The number of nitrogen functional groups attached to an aromatic ring is 1. The second kappa shape index (κ2) is 6.18. The molecule has 2 heterocycles. The molecule has 0 spiro atoms. The zero-order valence-corrected chi connectivity index (χ0v) is 12.2. The van der Waals surface area contributed by atoms with Gasteiger partial charge in [-0.2, -0.15) is 14.3 Å². The van der Waals surface area contributed by atoms with Crippen LogP contribution in [0.15, 0.2) is 35.7 Å². The fourth-order valence-corrected chi connectivity index (χ4v) is 2.09. The van der Waals surface area contributed by atoms with Crippen molar-refractivity contribution in [3.8, 4) is 10.9 Å². The molecule has 0 fully saturated rings. The van der Waals surface area contributed by atoms with Crippen molar-refractivity contribution in [3.63, 3.8) is 0 Å². The molecule has 1 aromatic carbocycles. The molecule has 0 atom stereocenters. The van der Waals surface area contributed by atoms with E-state index in [4.69, 9.17) is 16.7 Å². The van der Waals surface area contributed by atoms with Gasteiger partial charge in [-0.1, -0.05) is 17.3 Å². The number of ether oxygens (including phenoxy) is 1. The van der Waals surface area contributed by atoms with E-state index in [0.717, 1.165) is 11.5 Å². The van der Waals surface area contributed by atoms with Gasteiger partial charge in [-0.15, -0.1) is 5.10 Å². The first-order chi connectivity index (χ1) is 11.2. The van der Waals surface area contributed by atoms with E-state index in [1.165, 1.54) is 7.11 Å². The van der Waals surface area contributed by atoms with E-state index < -0.39 is 0 Å². The summed E-state index contributed by atoms with van der Waals surface area (Å²) in [4.78, 5) is 12.8. The molecule has 0 saturated heterocycles. The third kappa shape index (κ3) is 2.86. The maximum Gasteiger partial charge on any atom is 0.298 e. The first-order valence-corrected chi connectivity index (χ1v) is 6.81. The van der Waals surface area contributed by atoms with Crippen molar-refractivity contribution in [1.29, 1.82) is 0 Å². The zero-order valence-electron chi connectivity index (χ0n) is 12.3. The topological polar surface area (TPSA) is 124 Å². The van der Waals surface area contributed by atoms with Gasteiger partial charge in [-0.25, -0.2) is 0 Å². The second-order valence-corrected chi connectivity index (χ2v) is 4.64. The van der Waals surface area contributed by atoms with Gasteiger partial charge in [0, 0.05) is 11.5 Å². The number of nitrogens with zero attached hydrogens (tertiary/aromatic N) is 5. The normalized spacial score (nSPS) is 12.0. The smallest absolute Gasteiger partial charge is 0.298 e. The van der Waals surface area contributed by atoms with Crippen LogP contribution in [0.4, 0.5) is 5.95 Å². The van der Waals surface area contributed by atoms with E-state index in [2.05, 4.69) is 29.7 Å². The molecule has 112 valence electrons. The van der Waals surface area contributed by atoms with Crippen molar-refractivity contribution in [2.45, 2.75) is 0 Å². The Balaban J connectivity index is 2.02. The summed E-state index contributed by atoms with van der Waals surface area (Å²) in [6, 6.07) is 7.10. The molecule has 3 aromatic rings. The maximum atomic E-state index is 7.35. The molecule has 0 aliphatic rings. The molecule has 0 amide bonds. The summed E-state index contributed by atoms with van der Waals surface area (Å²) in [7, 11) is 1.42. The first kappa shape index (κ1) is 12.7. The number of rotatable bonds is 5. The number of nitrogens with one attached hydrogen (secondary N) is 1. The number of hydrogen-bond donors (Lipinski definition) is 2. The Kier molecular flexibility index (Phi) is 3.57. The Morgan fingerprint density at radius 3 is 3.00 bits per heavy atom. The summed E-state index contributed by atoms with van der Waals surface area (Å²) in [5.41, 5.74) is 6.49. The molecule has 2 aromatic heterocycles. The third-order valence-corrected chi connectivity index (χ3v) is 3.06. The molecular weight excluding hydrogens is 306 g/mol. The number of oxime groups is 1. The third-order valence-electron chi connectivity index (χ3n) is 2.55. The predicted octanol–water partition coefficient (Wildman–Crippen LogP) is 1.43. The molecular formula is C12H11N7O2S. The average molecular weight is 318 g/mol. The Morgan fingerprint density at radius 2 is 2.32 bits per heavy atom. The second-order valence-electron chi connectivity index (χ2n) is 3.92. The summed E-state index contributed by atoms with van der Waals surface area (Å²) < 4.78 is 16.8. The minimum Gasteiger partial charge on any atom is -0.429 e. The van der Waals surface area contributed by atoms with Crippen LogP contribution in [0.5, 0.6) is 10.9 Å². The lowest BCUT2D eigenvalue weighted by atomic mass is 10.1. The highest BCUT2D eigenvalue weighted by Gasteiger charge is 2.18. The van der Waals surface area contributed by atoms with Gasteiger partial charge in [0.05, 0.1) is 5.56 Å². The van der Waals surface area contributed by atoms with Crippen molar-refractivity contribution in [1.82, 2.24) is 24.5 Å². The maximum absolute atomic E-state index is 7.35. The Morgan fingerprint density at radius 1 is 1.45 bits per heavy atom. The lowest BCUT2D eigenvalue weighted by Gasteiger charge is -2.09. The zero-order chi connectivity index (χ0) is 16.2. The molecule has 0 saturated carbocycles. The molecule has 0 aliphatic carbocycles. The number of benzene rings is 1. The standard InChI is InChI=1S/C12H11N7O2S/c1-20-19-9(10-16-11(13)18-17-10)7-4-2-3-5-8(7)21-12-14-6-15-22-12/h2-6H,1H3,(H3,13,16,17,18)/i6D. The van der Waals surface area contributed by atoms with E-state index in [-0.39, 0.29) is 17.4 Å². The highest BCUT2D eigenvalue weighted by atomic mass is 32.1. The molecule has 0 unspecified atom stereocenters. The number of anilines is 1. The van der Waals surface area contributed by atoms with Gasteiger partial charge in [0.15, 0.2) is 11.5 Å². The van der Waals surface area contributed by atoms with Gasteiger partial charge in [-0.3, -0.25) is 5.10 Å². The van der Waals surface area contributed by atoms with Crippen LogP contribution in [0.2, 0.25) is 0 Å². The minimum absolute atomic E-state index is 0.0881. The van der Waals surface area contributed by atoms with Gasteiger partial charge in [0.25, 0.3) is 5.19 Å². The van der Waals surface area contributed by atoms with Crippen LogP contribution >= 0.6 is 11.5 Å². The fourth-order valence-electron chi connectivity index (χ4n) is 1.72. The van der Waals surface area contributed by atoms with Crippen molar-refractivity contribution >= 4 is 23.2 Å². The van der Waals surface area contributed by atoms with Gasteiger partial charge in [-0.05, 0) is 12.1 Å². The number of hydrogen-bond acceptors (Lipinski definition) is 9. The van der Waals surface area contributed by atoms with E-state index in [9.17, 15) is 0 Å². The molecule has 0 aliphatic heterocycles. The van der Waals surface area contributed by atoms with E-state index in [1.54, 1.807) is 18.2 Å². The van der Waals surface area contributed by atoms with Crippen LogP contribution in [-0.2, 0) is 4.84 Å². The minimum atomic E-state index is -0.101. The molecule has 22 heavy (non-hydrogen) atoms. The van der Waals surface area contributed by atoms with Crippen LogP contribution < -0.4 is 10.5 Å². The van der Waals surface area contributed by atoms with Crippen LogP contribution in [-0.4, -0.2) is 37.4 Å². The number of aromatic nitrogens is 5. The number of nitrogens with two attached hydrogens (primary N) is 1. The summed E-state index contributed by atoms with van der Waals surface area (Å²) in [6.07, 6.45) is -0.101. The average Bonchev–Trinajstić information content (AvgIpc) is 3.14. The predicted molar refractivity (Wildman–Crippen MR) is 79.9 cm³/mol. The number of H-pyrrole nitrogens is 1. The Labute approximate surface area is 130 Å². The number of aromatic amines is 1. The highest BCUT2D eigenvalue weighted by molar-refractivity contribution is 7.07. The van der Waals surface area contributed by atoms with E-state index in [0.29, 0.717) is 22.8 Å². The first-order valence-electron chi connectivity index (χ1n) is 6.54. The molecule has 3 rings (SSSR count). The van der Waals surface area contributed by atoms with E-state index >= 15 is 0 Å². The summed E-state index contributed by atoms with van der Waals surface area (Å²) >= 11 is 0.980. The fraction of sp³-hybridized carbons (Fsp3) is 0.0833. The van der Waals surface area contributed by atoms with E-state index in [1.807, 2.05) is 6.07 Å². The largest absolute Gasteiger partial charge is 0.429 e. The van der Waals surface area contributed by atoms with Crippen LogP contribution in [0.3, 0.4) is 0 Å². The molecule has 10 heteroatoms. The molecule has 3 N–H and O–H groups in total. The van der Waals surface area contributed by atoms with Crippen LogP contribution in [0, 0.1) is 0 Å². The summed E-state index contributed by atoms with van der Waals surface area (Å²) in [6.45, 7) is 0. The molecule has 0 bridgehead atoms. The van der Waals surface area contributed by atoms with Crippen LogP contribution in [0.1, 0.15) is 12.8 Å². The van der Waals surface area contributed by atoms with Gasteiger partial charge < -0.3 is 15.3 Å². The van der Waals surface area contributed by atoms with Crippen molar-refractivity contribution in [3.05, 3.63) is 42.0 Å². The Hall–Kier alpha value is -3.01. The van der Waals surface area contributed by atoms with Gasteiger partial charge in [0.1, 0.15) is 20.5 Å². The lowest BCUT2D eigenvalue weighted by Crippen LogP contribution is -2.08. The van der Waals surface area contributed by atoms with Gasteiger partial charge in [0.2, 0.25) is 5.95 Å². The molecule has 0 radical (unpaired) electrons. The van der Waals surface area contributed by atoms with Crippen molar-refractivity contribution in [2.75, 3.05) is 12.8 Å². The monoisotopic (exact) mass is 318 g/mol. The molecule has 9 nitrogen and oxygen atoms in total. The summed E-state index contributed by atoms with van der Waals surface area (Å²) in [5.74, 6) is 0.874. The summed E-state index contributed by atoms with van der Waals surface area (Å²) in [5, 5.41) is 10.7. The van der Waals surface area contributed by atoms with Crippen LogP contribution in [0.25, 0.3) is 0 Å². The quantitative estimate of drug-likeness (QED) is 0.538.